The highest BCUT2D eigenvalue weighted by Crippen LogP contribution is 2.13. The minimum Gasteiger partial charge on any atom is -0.494 e. The first-order valence-electron chi connectivity index (χ1n) is 7.98. The number of amides is 2. The van der Waals surface area contributed by atoms with Crippen molar-refractivity contribution in [2.75, 3.05) is 11.9 Å². The Labute approximate surface area is 146 Å². The molecule has 0 fully saturated rings. The third-order valence-electron chi connectivity index (χ3n) is 3.33. The fraction of sp³-hybridized carbons (Fsp3) is 0.211. The molecule has 2 N–H and O–H groups in total. The van der Waals surface area contributed by atoms with E-state index in [1.54, 1.807) is 6.07 Å². The number of carbonyl (C=O) groups excluding carboxylic acids is 2. The van der Waals surface area contributed by atoms with E-state index >= 15 is 0 Å². The lowest BCUT2D eigenvalue weighted by molar-refractivity contribution is -0.126. The first kappa shape index (κ1) is 18.2. The Kier molecular flexibility index (Phi) is 6.71. The van der Waals surface area contributed by atoms with Crippen LogP contribution in [0.15, 0.2) is 53.6 Å². The molecule has 0 heterocycles. The third kappa shape index (κ3) is 6.10. The van der Waals surface area contributed by atoms with E-state index in [0.29, 0.717) is 12.3 Å². The van der Waals surface area contributed by atoms with Gasteiger partial charge in [-0.1, -0.05) is 18.2 Å². The van der Waals surface area contributed by atoms with Crippen molar-refractivity contribution in [2.24, 2.45) is 5.10 Å². The van der Waals surface area contributed by atoms with E-state index in [1.165, 1.54) is 6.21 Å². The molecule has 0 radical (unpaired) electrons. The lowest BCUT2D eigenvalue weighted by atomic mass is 10.2. The molecule has 2 aromatic carbocycles. The summed E-state index contributed by atoms with van der Waals surface area (Å²) in [6, 6.07) is 14.7. The van der Waals surface area contributed by atoms with Crippen LogP contribution in [0.3, 0.4) is 0 Å². The second-order valence-corrected chi connectivity index (χ2v) is 5.34. The monoisotopic (exact) mass is 339 g/mol. The molecule has 0 aliphatic rings. The van der Waals surface area contributed by atoms with Gasteiger partial charge in [0.1, 0.15) is 12.2 Å². The van der Waals surface area contributed by atoms with Gasteiger partial charge in [0.2, 0.25) is 11.8 Å². The number of aryl methyl sites for hydroxylation is 1. The number of benzene rings is 2. The van der Waals surface area contributed by atoms with Crippen LogP contribution in [-0.2, 0) is 9.59 Å². The summed E-state index contributed by atoms with van der Waals surface area (Å²) in [4.78, 5) is 23.6. The molecule has 25 heavy (non-hydrogen) atoms. The molecule has 0 saturated carbocycles. The molecule has 0 saturated heterocycles. The zero-order valence-corrected chi connectivity index (χ0v) is 14.3. The summed E-state index contributed by atoms with van der Waals surface area (Å²) in [5, 5.41) is 6.55. The highest BCUT2D eigenvalue weighted by molar-refractivity contribution is 6.04. The van der Waals surface area contributed by atoms with Crippen molar-refractivity contribution in [3.63, 3.8) is 0 Å². The Morgan fingerprint density at radius 1 is 1.08 bits per heavy atom. The molecule has 0 aliphatic heterocycles. The quantitative estimate of drug-likeness (QED) is 0.462. The Morgan fingerprint density at radius 3 is 2.48 bits per heavy atom. The Hall–Kier alpha value is -3.15. The lowest BCUT2D eigenvalue weighted by Gasteiger charge is -2.07. The number of rotatable bonds is 7. The molecule has 0 atom stereocenters. The molecule has 130 valence electrons. The van der Waals surface area contributed by atoms with Crippen molar-refractivity contribution in [3.05, 3.63) is 59.7 Å². The zero-order valence-electron chi connectivity index (χ0n) is 14.3. The van der Waals surface area contributed by atoms with E-state index in [1.807, 2.05) is 56.3 Å². The number of ether oxygens (including phenoxy) is 1. The van der Waals surface area contributed by atoms with E-state index in [0.717, 1.165) is 16.9 Å². The minimum atomic E-state index is -0.478. The smallest absolute Gasteiger partial charge is 0.249 e. The largest absolute Gasteiger partial charge is 0.494 e. The van der Waals surface area contributed by atoms with Crippen LogP contribution in [-0.4, -0.2) is 24.6 Å². The molecule has 2 rings (SSSR count). The molecule has 6 heteroatoms. The Morgan fingerprint density at radius 2 is 1.80 bits per heavy atom. The number of carbonyl (C=O) groups is 2. The van der Waals surface area contributed by atoms with Gasteiger partial charge >= 0.3 is 0 Å². The van der Waals surface area contributed by atoms with Crippen LogP contribution in [0.1, 0.15) is 24.5 Å². The predicted octanol–water partition coefficient (Wildman–Crippen LogP) is 2.87. The second kappa shape index (κ2) is 9.22. The fourth-order valence-corrected chi connectivity index (χ4v) is 2.09. The molecule has 2 amide bonds. The molecule has 0 aliphatic carbocycles. The number of para-hydroxylation sites is 1. The van der Waals surface area contributed by atoms with Crippen LogP contribution in [0.5, 0.6) is 5.75 Å². The molecular weight excluding hydrogens is 318 g/mol. The van der Waals surface area contributed by atoms with Gasteiger partial charge in [0.25, 0.3) is 0 Å². The maximum atomic E-state index is 11.9. The molecule has 0 spiro atoms. The molecule has 0 aromatic heterocycles. The van der Waals surface area contributed by atoms with Crippen molar-refractivity contribution in [2.45, 2.75) is 20.3 Å². The van der Waals surface area contributed by atoms with E-state index in [9.17, 15) is 9.59 Å². The second-order valence-electron chi connectivity index (χ2n) is 5.34. The summed E-state index contributed by atoms with van der Waals surface area (Å²) in [6.07, 6.45) is 1.21. The number of nitrogens with one attached hydrogen (secondary N) is 2. The van der Waals surface area contributed by atoms with Gasteiger partial charge in [0.15, 0.2) is 0 Å². The summed E-state index contributed by atoms with van der Waals surface area (Å²) >= 11 is 0. The van der Waals surface area contributed by atoms with Gasteiger partial charge in [-0.3, -0.25) is 9.59 Å². The number of hydrogen-bond acceptors (Lipinski definition) is 4. The van der Waals surface area contributed by atoms with Gasteiger partial charge in [0.05, 0.1) is 12.8 Å². The van der Waals surface area contributed by atoms with Crippen LogP contribution in [0.25, 0.3) is 0 Å². The topological polar surface area (TPSA) is 79.8 Å². The van der Waals surface area contributed by atoms with Crippen molar-refractivity contribution in [3.8, 4) is 5.75 Å². The average molecular weight is 339 g/mol. The van der Waals surface area contributed by atoms with Crippen molar-refractivity contribution in [1.82, 2.24) is 5.43 Å². The van der Waals surface area contributed by atoms with Crippen molar-refractivity contribution in [1.29, 1.82) is 0 Å². The van der Waals surface area contributed by atoms with Crippen LogP contribution in [0.4, 0.5) is 5.69 Å². The number of hydrazone groups is 1. The van der Waals surface area contributed by atoms with Crippen LogP contribution in [0, 0.1) is 6.92 Å². The molecule has 0 bridgehead atoms. The number of hydrogen-bond donors (Lipinski definition) is 2. The van der Waals surface area contributed by atoms with Gasteiger partial charge in [-0.05, 0) is 55.3 Å². The summed E-state index contributed by atoms with van der Waals surface area (Å²) in [7, 11) is 0. The lowest BCUT2D eigenvalue weighted by Crippen LogP contribution is -2.24. The average Bonchev–Trinajstić information content (AvgIpc) is 2.59. The summed E-state index contributed by atoms with van der Waals surface area (Å²) in [6.45, 7) is 4.41. The summed E-state index contributed by atoms with van der Waals surface area (Å²) in [5.74, 6) is -0.0899. The van der Waals surface area contributed by atoms with E-state index in [4.69, 9.17) is 4.74 Å². The molecule has 0 unspecified atom stereocenters. The van der Waals surface area contributed by atoms with Crippen LogP contribution in [0.2, 0.25) is 0 Å². The highest BCUT2D eigenvalue weighted by atomic mass is 16.5. The van der Waals surface area contributed by atoms with E-state index in [-0.39, 0.29) is 12.3 Å². The minimum absolute atomic E-state index is 0.297. The van der Waals surface area contributed by atoms with Gasteiger partial charge < -0.3 is 10.1 Å². The summed E-state index contributed by atoms with van der Waals surface area (Å²) in [5.41, 5.74) is 4.78. The van der Waals surface area contributed by atoms with Crippen LogP contribution >= 0.6 is 0 Å². The maximum Gasteiger partial charge on any atom is 0.249 e. The van der Waals surface area contributed by atoms with Gasteiger partial charge in [-0.25, -0.2) is 5.43 Å². The highest BCUT2D eigenvalue weighted by Gasteiger charge is 2.09. The molecule has 6 nitrogen and oxygen atoms in total. The molecule has 2 aromatic rings. The first-order valence-corrected chi connectivity index (χ1v) is 7.98. The summed E-state index contributed by atoms with van der Waals surface area (Å²) < 4.78 is 5.35. The molecular formula is C19H21N3O3. The fourth-order valence-electron chi connectivity index (χ4n) is 2.09. The Bertz CT molecular complexity index is 755. The van der Waals surface area contributed by atoms with Gasteiger partial charge in [-0.15, -0.1) is 0 Å². The van der Waals surface area contributed by atoms with Crippen molar-refractivity contribution < 1.29 is 14.3 Å². The number of nitrogens with zero attached hydrogens (tertiary/aromatic N) is 1. The predicted molar refractivity (Wildman–Crippen MR) is 97.8 cm³/mol. The Balaban J connectivity index is 1.79. The normalized spacial score (nSPS) is 10.5. The van der Waals surface area contributed by atoms with E-state index in [2.05, 4.69) is 15.8 Å². The van der Waals surface area contributed by atoms with E-state index < -0.39 is 5.91 Å². The van der Waals surface area contributed by atoms with Crippen molar-refractivity contribution >= 4 is 23.7 Å². The standard InChI is InChI=1S/C19H21N3O3/c1-3-25-16-10-8-15(9-11-16)13-20-22-19(24)12-18(23)21-17-7-5-4-6-14(17)2/h4-11,13H,3,12H2,1-2H3,(H,21,23)(H,22,24). The first-order chi connectivity index (χ1) is 12.1. The van der Waals surface area contributed by atoms with Crippen LogP contribution < -0.4 is 15.5 Å². The SMILES string of the molecule is CCOc1ccc(C=NNC(=O)CC(=O)Nc2ccccc2C)cc1. The maximum absolute atomic E-state index is 11.9. The third-order valence-corrected chi connectivity index (χ3v) is 3.33. The zero-order chi connectivity index (χ0) is 18.1. The van der Waals surface area contributed by atoms with Gasteiger partial charge in [0, 0.05) is 5.69 Å². The number of anilines is 1. The van der Waals surface area contributed by atoms with Gasteiger partial charge in [-0.2, -0.15) is 5.10 Å².